The van der Waals surface area contributed by atoms with Crippen molar-refractivity contribution >= 4 is 17.9 Å². The van der Waals surface area contributed by atoms with Gasteiger partial charge in [-0.1, -0.05) is 271 Å². The molecule has 6 heteroatoms. The first-order valence-electron chi connectivity index (χ1n) is 27.0. The molecule has 0 heterocycles. The molecule has 0 spiro atoms. The van der Waals surface area contributed by atoms with E-state index in [2.05, 4.69) is 20.8 Å². The van der Waals surface area contributed by atoms with E-state index >= 15 is 0 Å². The molecule has 0 fully saturated rings. The molecule has 60 heavy (non-hydrogen) atoms. The number of ether oxygens (including phenoxy) is 3. The van der Waals surface area contributed by atoms with Crippen molar-refractivity contribution in [2.24, 2.45) is 0 Å². The van der Waals surface area contributed by atoms with Gasteiger partial charge in [0.05, 0.1) is 0 Å². The summed E-state index contributed by atoms with van der Waals surface area (Å²) in [6, 6.07) is 0. The van der Waals surface area contributed by atoms with Crippen LogP contribution in [0.1, 0.15) is 310 Å². The van der Waals surface area contributed by atoms with Crippen LogP contribution >= 0.6 is 0 Å². The molecule has 0 saturated carbocycles. The lowest BCUT2D eigenvalue weighted by molar-refractivity contribution is -0.167. The lowest BCUT2D eigenvalue weighted by atomic mass is 10.0. The van der Waals surface area contributed by atoms with E-state index in [4.69, 9.17) is 14.2 Å². The van der Waals surface area contributed by atoms with Gasteiger partial charge in [0, 0.05) is 19.3 Å². The Labute approximate surface area is 374 Å². The fourth-order valence-electron chi connectivity index (χ4n) is 8.27. The van der Waals surface area contributed by atoms with E-state index in [1.807, 2.05) is 0 Å². The second-order valence-corrected chi connectivity index (χ2v) is 18.5. The average molecular weight is 849 g/mol. The van der Waals surface area contributed by atoms with Crippen molar-refractivity contribution in [1.82, 2.24) is 0 Å². The van der Waals surface area contributed by atoms with Crippen LogP contribution in [-0.2, 0) is 28.6 Å². The van der Waals surface area contributed by atoms with Crippen LogP contribution < -0.4 is 0 Å². The minimum absolute atomic E-state index is 0.0622. The van der Waals surface area contributed by atoms with Gasteiger partial charge in [-0.15, -0.1) is 0 Å². The van der Waals surface area contributed by atoms with Crippen molar-refractivity contribution in [2.75, 3.05) is 13.2 Å². The van der Waals surface area contributed by atoms with Gasteiger partial charge in [-0.05, 0) is 19.3 Å². The van der Waals surface area contributed by atoms with E-state index in [1.165, 1.54) is 212 Å². The molecule has 1 unspecified atom stereocenters. The summed E-state index contributed by atoms with van der Waals surface area (Å²) in [5.74, 6) is -0.847. The third-order valence-corrected chi connectivity index (χ3v) is 12.4. The lowest BCUT2D eigenvalue weighted by Crippen LogP contribution is -2.30. The molecule has 0 aromatic heterocycles. The molecule has 356 valence electrons. The molecule has 0 aromatic carbocycles. The van der Waals surface area contributed by atoms with Gasteiger partial charge in [0.25, 0.3) is 0 Å². The maximum absolute atomic E-state index is 12.8. The number of carbonyl (C=O) groups excluding carboxylic acids is 3. The average Bonchev–Trinajstić information content (AvgIpc) is 3.24. The fraction of sp³-hybridized carbons (Fsp3) is 0.944. The second kappa shape index (κ2) is 50.1. The maximum atomic E-state index is 12.8. The van der Waals surface area contributed by atoms with Crippen LogP contribution in [0.3, 0.4) is 0 Å². The Morgan fingerprint density at radius 2 is 0.450 bits per heavy atom. The highest BCUT2D eigenvalue weighted by molar-refractivity contribution is 5.71. The van der Waals surface area contributed by atoms with E-state index < -0.39 is 6.10 Å². The van der Waals surface area contributed by atoms with Gasteiger partial charge in [-0.3, -0.25) is 14.4 Å². The molecule has 6 nitrogen and oxygen atoms in total. The van der Waals surface area contributed by atoms with Crippen LogP contribution in [0, 0.1) is 0 Å². The molecule has 0 aliphatic rings. The molecule has 0 aliphatic heterocycles. The van der Waals surface area contributed by atoms with Crippen molar-refractivity contribution in [1.29, 1.82) is 0 Å². The smallest absolute Gasteiger partial charge is 0.306 e. The highest BCUT2D eigenvalue weighted by atomic mass is 16.6. The van der Waals surface area contributed by atoms with Crippen LogP contribution in [0.25, 0.3) is 0 Å². The highest BCUT2D eigenvalue weighted by Crippen LogP contribution is 2.17. The van der Waals surface area contributed by atoms with Gasteiger partial charge in [-0.2, -0.15) is 0 Å². The minimum atomic E-state index is -0.759. The summed E-state index contributed by atoms with van der Waals surface area (Å²) in [5.41, 5.74) is 0. The highest BCUT2D eigenvalue weighted by Gasteiger charge is 2.19. The Bertz CT molecular complexity index is 889. The zero-order valence-electron chi connectivity index (χ0n) is 40.8. The Hall–Kier alpha value is -1.59. The number of unbranched alkanes of at least 4 members (excludes halogenated alkanes) is 39. The van der Waals surface area contributed by atoms with Crippen molar-refractivity contribution in [2.45, 2.75) is 316 Å². The van der Waals surface area contributed by atoms with Crippen LogP contribution in [-0.4, -0.2) is 37.2 Å². The predicted octanol–water partition coefficient (Wildman–Crippen LogP) is 17.6. The summed E-state index contributed by atoms with van der Waals surface area (Å²) >= 11 is 0. The van der Waals surface area contributed by atoms with Gasteiger partial charge in [0.2, 0.25) is 0 Å². The fourth-order valence-corrected chi connectivity index (χ4v) is 8.27. The monoisotopic (exact) mass is 849 g/mol. The molecular formula is C54H104O6. The van der Waals surface area contributed by atoms with E-state index in [1.54, 1.807) is 0 Å². The van der Waals surface area contributed by atoms with Crippen molar-refractivity contribution < 1.29 is 28.6 Å². The van der Waals surface area contributed by atoms with E-state index in [0.717, 1.165) is 57.8 Å². The van der Waals surface area contributed by atoms with Crippen molar-refractivity contribution in [3.05, 3.63) is 0 Å². The molecule has 0 radical (unpaired) electrons. The molecule has 1 atom stereocenters. The summed E-state index contributed by atoms with van der Waals surface area (Å²) in [7, 11) is 0. The summed E-state index contributed by atoms with van der Waals surface area (Å²) in [4.78, 5) is 37.8. The van der Waals surface area contributed by atoms with Crippen LogP contribution in [0.4, 0.5) is 0 Å². The Morgan fingerprint density at radius 1 is 0.267 bits per heavy atom. The maximum Gasteiger partial charge on any atom is 0.306 e. The molecule has 0 aromatic rings. The summed E-state index contributed by atoms with van der Waals surface area (Å²) < 4.78 is 16.8. The minimum Gasteiger partial charge on any atom is -0.462 e. The van der Waals surface area contributed by atoms with E-state index in [9.17, 15) is 14.4 Å². The summed E-state index contributed by atoms with van der Waals surface area (Å²) in [6.07, 6.45) is 54.0. The largest absolute Gasteiger partial charge is 0.462 e. The molecule has 0 saturated heterocycles. The Kier molecular flexibility index (Phi) is 48.7. The first-order valence-corrected chi connectivity index (χ1v) is 27.0. The summed E-state index contributed by atoms with van der Waals surface area (Å²) in [6.45, 7) is 6.65. The zero-order chi connectivity index (χ0) is 43.7. The summed E-state index contributed by atoms with van der Waals surface area (Å²) in [5, 5.41) is 0. The molecular weight excluding hydrogens is 745 g/mol. The Morgan fingerprint density at radius 3 is 0.667 bits per heavy atom. The number of carbonyl (C=O) groups is 3. The predicted molar refractivity (Wildman–Crippen MR) is 257 cm³/mol. The van der Waals surface area contributed by atoms with Gasteiger partial charge >= 0.3 is 17.9 Å². The molecule has 0 N–H and O–H groups in total. The van der Waals surface area contributed by atoms with Gasteiger partial charge in [-0.25, -0.2) is 0 Å². The van der Waals surface area contributed by atoms with Gasteiger partial charge < -0.3 is 14.2 Å². The SMILES string of the molecule is CCCCCCCCCCCCCCCCCCCCCCCC(=O)OCC(COC(=O)CCCCCCCCC)OC(=O)CCCCCCCCCCCCCCCC. The third kappa shape index (κ3) is 47.5. The lowest BCUT2D eigenvalue weighted by Gasteiger charge is -2.18. The van der Waals surface area contributed by atoms with Crippen LogP contribution in [0.15, 0.2) is 0 Å². The van der Waals surface area contributed by atoms with Crippen molar-refractivity contribution in [3.8, 4) is 0 Å². The van der Waals surface area contributed by atoms with Crippen molar-refractivity contribution in [3.63, 3.8) is 0 Å². The standard InChI is InChI=1S/C54H104O6/c1-4-7-10-13-16-18-20-22-24-25-26-27-28-29-30-32-33-35-38-41-44-47-53(56)59-50-51(49-58-52(55)46-43-40-37-15-12-9-6-3)60-54(57)48-45-42-39-36-34-31-23-21-19-17-14-11-8-5-2/h51H,4-50H2,1-3H3. The van der Waals surface area contributed by atoms with Crippen LogP contribution in [0.2, 0.25) is 0 Å². The first-order chi connectivity index (χ1) is 29.5. The first kappa shape index (κ1) is 58.4. The van der Waals surface area contributed by atoms with Gasteiger partial charge in [0.1, 0.15) is 13.2 Å². The molecule has 0 amide bonds. The zero-order valence-corrected chi connectivity index (χ0v) is 40.8. The number of hydrogen-bond acceptors (Lipinski definition) is 6. The molecule has 0 rings (SSSR count). The van der Waals surface area contributed by atoms with E-state index in [0.29, 0.717) is 19.3 Å². The topological polar surface area (TPSA) is 78.9 Å². The normalized spacial score (nSPS) is 11.8. The van der Waals surface area contributed by atoms with Crippen LogP contribution in [0.5, 0.6) is 0 Å². The molecule has 0 bridgehead atoms. The van der Waals surface area contributed by atoms with Gasteiger partial charge in [0.15, 0.2) is 6.10 Å². The molecule has 0 aliphatic carbocycles. The number of esters is 3. The Balaban J connectivity index is 4.12. The number of hydrogen-bond donors (Lipinski definition) is 0. The second-order valence-electron chi connectivity index (χ2n) is 18.5. The third-order valence-electron chi connectivity index (χ3n) is 12.4. The van der Waals surface area contributed by atoms with E-state index in [-0.39, 0.29) is 31.1 Å². The number of rotatable bonds is 50. The quantitative estimate of drug-likeness (QED) is 0.0345.